The van der Waals surface area contributed by atoms with E-state index in [2.05, 4.69) is 9.82 Å². The smallest absolute Gasteiger partial charge is 0.335 e. The quantitative estimate of drug-likeness (QED) is 0.742. The molecule has 7 nitrogen and oxygen atoms in total. The first-order chi connectivity index (χ1) is 9.99. The summed E-state index contributed by atoms with van der Waals surface area (Å²) in [4.78, 5) is 10.8. The molecule has 0 aliphatic heterocycles. The summed E-state index contributed by atoms with van der Waals surface area (Å²) >= 11 is 0. The lowest BCUT2D eigenvalue weighted by Gasteiger charge is -2.07. The van der Waals surface area contributed by atoms with Gasteiger partial charge in [-0.15, -0.1) is 0 Å². The first-order valence-corrected chi connectivity index (χ1v) is 7.78. The maximum Gasteiger partial charge on any atom is 0.335 e. The molecule has 0 unspecified atom stereocenters. The third-order valence-corrected chi connectivity index (χ3v) is 4.30. The SMILES string of the molecule is O=C(O)c1ccc(S(=O)(=O)NCCCn2cccn2)cc1. The molecule has 0 aliphatic rings. The first kappa shape index (κ1) is 15.2. The van der Waals surface area contributed by atoms with Gasteiger partial charge >= 0.3 is 5.97 Å². The van der Waals surface area contributed by atoms with Gasteiger partial charge in [0.1, 0.15) is 0 Å². The van der Waals surface area contributed by atoms with E-state index >= 15 is 0 Å². The number of benzene rings is 1. The van der Waals surface area contributed by atoms with Gasteiger partial charge in [-0.1, -0.05) is 0 Å². The minimum atomic E-state index is -3.62. The van der Waals surface area contributed by atoms with Gasteiger partial charge < -0.3 is 5.11 Å². The van der Waals surface area contributed by atoms with Crippen LogP contribution < -0.4 is 4.72 Å². The van der Waals surface area contributed by atoms with Gasteiger partial charge in [-0.2, -0.15) is 5.10 Å². The van der Waals surface area contributed by atoms with Crippen LogP contribution in [-0.2, 0) is 16.6 Å². The van der Waals surface area contributed by atoms with Crippen LogP contribution >= 0.6 is 0 Å². The average molecular weight is 309 g/mol. The molecule has 2 rings (SSSR count). The molecule has 1 aromatic carbocycles. The molecule has 0 bridgehead atoms. The number of carboxylic acid groups (broad SMARTS) is 1. The zero-order valence-electron chi connectivity index (χ0n) is 11.1. The number of carbonyl (C=O) groups is 1. The van der Waals surface area contributed by atoms with Gasteiger partial charge in [0.2, 0.25) is 10.0 Å². The summed E-state index contributed by atoms with van der Waals surface area (Å²) in [6.45, 7) is 0.899. The Kier molecular flexibility index (Phi) is 4.71. The lowest BCUT2D eigenvalue weighted by molar-refractivity contribution is 0.0696. The molecule has 1 heterocycles. The molecule has 0 aliphatic carbocycles. The Balaban J connectivity index is 1.90. The Morgan fingerprint density at radius 3 is 2.57 bits per heavy atom. The Bertz CT molecular complexity index is 694. The van der Waals surface area contributed by atoms with E-state index in [0.717, 1.165) is 0 Å². The largest absolute Gasteiger partial charge is 0.478 e. The van der Waals surface area contributed by atoms with Crippen LogP contribution in [0.5, 0.6) is 0 Å². The second-order valence-corrected chi connectivity index (χ2v) is 6.12. The monoisotopic (exact) mass is 309 g/mol. The van der Waals surface area contributed by atoms with Crippen LogP contribution in [0.3, 0.4) is 0 Å². The van der Waals surface area contributed by atoms with Crippen molar-refractivity contribution in [2.24, 2.45) is 0 Å². The third-order valence-electron chi connectivity index (χ3n) is 2.83. The Morgan fingerprint density at radius 1 is 1.29 bits per heavy atom. The molecule has 0 spiro atoms. The predicted molar refractivity (Wildman–Crippen MR) is 75.4 cm³/mol. The highest BCUT2D eigenvalue weighted by molar-refractivity contribution is 7.89. The van der Waals surface area contributed by atoms with Crippen molar-refractivity contribution in [2.75, 3.05) is 6.54 Å². The summed E-state index contributed by atoms with van der Waals surface area (Å²) in [5, 5.41) is 12.8. The van der Waals surface area contributed by atoms with E-state index in [1.165, 1.54) is 24.3 Å². The molecule has 1 aromatic heterocycles. The van der Waals surface area contributed by atoms with Crippen LogP contribution in [0.4, 0.5) is 0 Å². The van der Waals surface area contributed by atoms with E-state index in [0.29, 0.717) is 13.0 Å². The Labute approximate surface area is 122 Å². The van der Waals surface area contributed by atoms with E-state index in [-0.39, 0.29) is 17.0 Å². The number of aromatic nitrogens is 2. The highest BCUT2D eigenvalue weighted by atomic mass is 32.2. The van der Waals surface area contributed by atoms with E-state index in [9.17, 15) is 13.2 Å². The highest BCUT2D eigenvalue weighted by Gasteiger charge is 2.14. The van der Waals surface area contributed by atoms with Crippen LogP contribution in [0, 0.1) is 0 Å². The summed E-state index contributed by atoms with van der Waals surface area (Å²) < 4.78 is 28.2. The molecule has 2 N–H and O–H groups in total. The van der Waals surface area contributed by atoms with Crippen molar-refractivity contribution >= 4 is 16.0 Å². The van der Waals surface area contributed by atoms with Crippen LogP contribution in [-0.4, -0.2) is 35.8 Å². The minimum Gasteiger partial charge on any atom is -0.478 e. The lowest BCUT2D eigenvalue weighted by atomic mass is 10.2. The third kappa shape index (κ3) is 4.14. The van der Waals surface area contributed by atoms with Crippen molar-refractivity contribution in [3.05, 3.63) is 48.3 Å². The van der Waals surface area contributed by atoms with Gasteiger partial charge in [-0.3, -0.25) is 4.68 Å². The summed E-state index contributed by atoms with van der Waals surface area (Å²) in [5.74, 6) is -1.09. The Hall–Kier alpha value is -2.19. The second kappa shape index (κ2) is 6.51. The fourth-order valence-electron chi connectivity index (χ4n) is 1.74. The fraction of sp³-hybridized carbons (Fsp3) is 0.231. The maximum absolute atomic E-state index is 12.0. The van der Waals surface area contributed by atoms with Crippen molar-refractivity contribution in [3.8, 4) is 0 Å². The highest BCUT2D eigenvalue weighted by Crippen LogP contribution is 2.10. The van der Waals surface area contributed by atoms with E-state index in [4.69, 9.17) is 5.11 Å². The van der Waals surface area contributed by atoms with Gasteiger partial charge in [0, 0.05) is 25.5 Å². The van der Waals surface area contributed by atoms with Gasteiger partial charge in [-0.25, -0.2) is 17.9 Å². The maximum atomic E-state index is 12.0. The number of hydrogen-bond donors (Lipinski definition) is 2. The molecule has 0 fully saturated rings. The number of carboxylic acids is 1. The van der Waals surface area contributed by atoms with Crippen molar-refractivity contribution in [1.82, 2.24) is 14.5 Å². The second-order valence-electron chi connectivity index (χ2n) is 4.35. The van der Waals surface area contributed by atoms with Gasteiger partial charge in [0.15, 0.2) is 0 Å². The summed E-state index contributed by atoms with van der Waals surface area (Å²) in [6.07, 6.45) is 4.07. The fourth-order valence-corrected chi connectivity index (χ4v) is 2.81. The van der Waals surface area contributed by atoms with Crippen molar-refractivity contribution in [2.45, 2.75) is 17.9 Å². The molecule has 0 amide bonds. The van der Waals surface area contributed by atoms with Crippen LogP contribution in [0.1, 0.15) is 16.8 Å². The molecule has 2 aromatic rings. The van der Waals surface area contributed by atoms with E-state index in [1.807, 2.05) is 0 Å². The lowest BCUT2D eigenvalue weighted by Crippen LogP contribution is -2.25. The van der Waals surface area contributed by atoms with Crippen LogP contribution in [0.15, 0.2) is 47.6 Å². The van der Waals surface area contributed by atoms with Crippen molar-refractivity contribution in [1.29, 1.82) is 0 Å². The molecular weight excluding hydrogens is 294 g/mol. The molecule has 21 heavy (non-hydrogen) atoms. The normalized spacial score (nSPS) is 11.4. The van der Waals surface area contributed by atoms with Gasteiger partial charge in [0.05, 0.1) is 10.5 Å². The average Bonchev–Trinajstić information content (AvgIpc) is 2.97. The Morgan fingerprint density at radius 2 is 2.00 bits per heavy atom. The molecule has 0 saturated carbocycles. The summed E-state index contributed by atoms with van der Waals surface area (Å²) in [5.41, 5.74) is 0.0487. The molecule has 0 atom stereocenters. The molecular formula is C13H15N3O4S. The number of sulfonamides is 1. The molecule has 8 heteroatoms. The van der Waals surface area contributed by atoms with Gasteiger partial charge in [0.25, 0.3) is 0 Å². The molecule has 0 radical (unpaired) electrons. The predicted octanol–water partition coefficient (Wildman–Crippen LogP) is 0.950. The molecule has 0 saturated heterocycles. The van der Waals surface area contributed by atoms with Gasteiger partial charge in [-0.05, 0) is 36.8 Å². The minimum absolute atomic E-state index is 0.0478. The number of aromatic carboxylic acids is 1. The number of nitrogens with one attached hydrogen (secondary N) is 1. The topological polar surface area (TPSA) is 101 Å². The van der Waals surface area contributed by atoms with E-state index < -0.39 is 16.0 Å². The molecule has 112 valence electrons. The zero-order chi connectivity index (χ0) is 15.3. The van der Waals surface area contributed by atoms with Crippen LogP contribution in [0.25, 0.3) is 0 Å². The first-order valence-electron chi connectivity index (χ1n) is 6.29. The zero-order valence-corrected chi connectivity index (χ0v) is 12.0. The van der Waals surface area contributed by atoms with Crippen molar-refractivity contribution in [3.63, 3.8) is 0 Å². The van der Waals surface area contributed by atoms with Crippen molar-refractivity contribution < 1.29 is 18.3 Å². The summed E-state index contributed by atoms with van der Waals surface area (Å²) in [6, 6.07) is 6.88. The summed E-state index contributed by atoms with van der Waals surface area (Å²) in [7, 11) is -3.62. The number of nitrogens with zero attached hydrogens (tertiary/aromatic N) is 2. The number of aryl methyl sites for hydroxylation is 1. The van der Waals surface area contributed by atoms with E-state index in [1.54, 1.807) is 23.1 Å². The standard InChI is InChI=1S/C13H15N3O4S/c17-13(18)11-3-5-12(6-4-11)21(19,20)15-8-2-10-16-9-1-7-14-16/h1,3-7,9,15H,2,8,10H2,(H,17,18). The number of rotatable bonds is 7. The van der Waals surface area contributed by atoms with Crippen LogP contribution in [0.2, 0.25) is 0 Å². The number of hydrogen-bond acceptors (Lipinski definition) is 4.